The summed E-state index contributed by atoms with van der Waals surface area (Å²) in [6.45, 7) is 2.15. The Labute approximate surface area is 113 Å². The van der Waals surface area contributed by atoms with Crippen LogP contribution < -0.4 is 0 Å². The SMILES string of the molecule is CCSc1ccc(CC2(C(=O)OC)CCC2)cc1. The Morgan fingerprint density at radius 1 is 1.33 bits per heavy atom. The minimum absolute atomic E-state index is 0.0410. The zero-order valence-electron chi connectivity index (χ0n) is 11.1. The highest BCUT2D eigenvalue weighted by molar-refractivity contribution is 7.99. The summed E-state index contributed by atoms with van der Waals surface area (Å²) in [4.78, 5) is 13.2. The molecule has 0 amide bonds. The Morgan fingerprint density at radius 3 is 2.44 bits per heavy atom. The number of hydrogen-bond acceptors (Lipinski definition) is 3. The first-order valence-electron chi connectivity index (χ1n) is 6.50. The number of hydrogen-bond donors (Lipinski definition) is 0. The lowest BCUT2D eigenvalue weighted by Gasteiger charge is -2.39. The lowest BCUT2D eigenvalue weighted by molar-refractivity contribution is -0.158. The zero-order valence-corrected chi connectivity index (χ0v) is 11.9. The fraction of sp³-hybridized carbons (Fsp3) is 0.533. The molecule has 0 unspecified atom stereocenters. The predicted molar refractivity (Wildman–Crippen MR) is 74.8 cm³/mol. The van der Waals surface area contributed by atoms with E-state index in [-0.39, 0.29) is 11.4 Å². The Balaban J connectivity index is 2.06. The number of benzene rings is 1. The number of esters is 1. The largest absolute Gasteiger partial charge is 0.469 e. The van der Waals surface area contributed by atoms with Gasteiger partial charge in [0.05, 0.1) is 12.5 Å². The predicted octanol–water partition coefficient (Wildman–Crippen LogP) is 3.68. The summed E-state index contributed by atoms with van der Waals surface area (Å²) < 4.78 is 4.95. The summed E-state index contributed by atoms with van der Waals surface area (Å²) in [5, 5.41) is 0. The third kappa shape index (κ3) is 2.72. The molecule has 3 heteroatoms. The summed E-state index contributed by atoms with van der Waals surface area (Å²) in [7, 11) is 1.49. The summed E-state index contributed by atoms with van der Waals surface area (Å²) in [6.07, 6.45) is 3.88. The van der Waals surface area contributed by atoms with Crippen molar-refractivity contribution in [1.29, 1.82) is 0 Å². The summed E-state index contributed by atoms with van der Waals surface area (Å²) in [6, 6.07) is 8.57. The normalized spacial score (nSPS) is 17.0. The number of thioether (sulfide) groups is 1. The van der Waals surface area contributed by atoms with Crippen LogP contribution in [-0.2, 0) is 16.0 Å². The first-order valence-corrected chi connectivity index (χ1v) is 7.49. The van der Waals surface area contributed by atoms with Gasteiger partial charge in [0.1, 0.15) is 0 Å². The Hall–Kier alpha value is -0.960. The Morgan fingerprint density at radius 2 is 2.00 bits per heavy atom. The van der Waals surface area contributed by atoms with Gasteiger partial charge in [-0.3, -0.25) is 4.79 Å². The van der Waals surface area contributed by atoms with E-state index < -0.39 is 0 Å². The lowest BCUT2D eigenvalue weighted by atomic mass is 9.65. The number of rotatable bonds is 5. The van der Waals surface area contributed by atoms with E-state index in [0.29, 0.717) is 0 Å². The van der Waals surface area contributed by atoms with Crippen LogP contribution in [-0.4, -0.2) is 18.8 Å². The minimum Gasteiger partial charge on any atom is -0.469 e. The summed E-state index contributed by atoms with van der Waals surface area (Å²) in [5.41, 5.74) is 0.995. The van der Waals surface area contributed by atoms with Crippen molar-refractivity contribution in [2.75, 3.05) is 12.9 Å². The molecule has 1 aliphatic rings. The fourth-order valence-electron chi connectivity index (χ4n) is 2.53. The van der Waals surface area contributed by atoms with Crippen LogP contribution in [0.25, 0.3) is 0 Å². The van der Waals surface area contributed by atoms with Crippen molar-refractivity contribution in [2.45, 2.75) is 37.5 Å². The van der Waals surface area contributed by atoms with Crippen molar-refractivity contribution in [3.05, 3.63) is 29.8 Å². The molecule has 18 heavy (non-hydrogen) atoms. The molecule has 0 atom stereocenters. The van der Waals surface area contributed by atoms with Gasteiger partial charge in [-0.25, -0.2) is 0 Å². The molecule has 0 N–H and O–H groups in total. The molecule has 0 radical (unpaired) electrons. The molecule has 1 fully saturated rings. The van der Waals surface area contributed by atoms with Crippen molar-refractivity contribution in [2.24, 2.45) is 5.41 Å². The van der Waals surface area contributed by atoms with Gasteiger partial charge in [-0.15, -0.1) is 11.8 Å². The van der Waals surface area contributed by atoms with E-state index in [4.69, 9.17) is 4.74 Å². The maximum absolute atomic E-state index is 11.9. The highest BCUT2D eigenvalue weighted by Crippen LogP contribution is 2.44. The van der Waals surface area contributed by atoms with E-state index in [2.05, 4.69) is 31.2 Å². The average Bonchev–Trinajstić information content (AvgIpc) is 2.35. The molecule has 98 valence electrons. The second-order valence-electron chi connectivity index (χ2n) is 4.88. The van der Waals surface area contributed by atoms with E-state index in [1.54, 1.807) is 0 Å². The smallest absolute Gasteiger partial charge is 0.312 e. The van der Waals surface area contributed by atoms with Crippen molar-refractivity contribution >= 4 is 17.7 Å². The van der Waals surface area contributed by atoms with Gasteiger partial charge in [0.15, 0.2) is 0 Å². The summed E-state index contributed by atoms with van der Waals surface area (Å²) in [5.74, 6) is 1.05. The molecule has 0 aromatic heterocycles. The van der Waals surface area contributed by atoms with Crippen LogP contribution in [0.2, 0.25) is 0 Å². The third-order valence-corrected chi connectivity index (χ3v) is 4.60. The van der Waals surface area contributed by atoms with E-state index in [1.807, 2.05) is 11.8 Å². The lowest BCUT2D eigenvalue weighted by Crippen LogP contribution is -2.40. The van der Waals surface area contributed by atoms with Crippen LogP contribution in [0.3, 0.4) is 0 Å². The number of carbonyl (C=O) groups is 1. The van der Waals surface area contributed by atoms with Gasteiger partial charge in [0.25, 0.3) is 0 Å². The van der Waals surface area contributed by atoms with Crippen molar-refractivity contribution in [1.82, 2.24) is 0 Å². The first kappa shape index (κ1) is 13.5. The standard InChI is InChI=1S/C15H20O2S/c1-3-18-13-7-5-12(6-8-13)11-15(9-4-10-15)14(16)17-2/h5-8H,3-4,9-11H2,1-2H3. The Bertz CT molecular complexity index is 407. The van der Waals surface area contributed by atoms with Crippen molar-refractivity contribution < 1.29 is 9.53 Å². The van der Waals surface area contributed by atoms with Crippen molar-refractivity contribution in [3.63, 3.8) is 0 Å². The van der Waals surface area contributed by atoms with Crippen LogP contribution >= 0.6 is 11.8 Å². The number of ether oxygens (including phenoxy) is 1. The maximum atomic E-state index is 11.9. The molecule has 0 saturated heterocycles. The minimum atomic E-state index is -0.242. The molecule has 1 saturated carbocycles. The molecule has 1 aromatic carbocycles. The molecule has 1 aliphatic carbocycles. The molecule has 0 spiro atoms. The average molecular weight is 264 g/mol. The molecular weight excluding hydrogens is 244 g/mol. The quantitative estimate of drug-likeness (QED) is 0.599. The number of carbonyl (C=O) groups excluding carboxylic acids is 1. The molecule has 0 heterocycles. The van der Waals surface area contributed by atoms with E-state index in [9.17, 15) is 4.79 Å². The third-order valence-electron chi connectivity index (χ3n) is 3.71. The van der Waals surface area contributed by atoms with Gasteiger partial charge in [-0.05, 0) is 42.7 Å². The summed E-state index contributed by atoms with van der Waals surface area (Å²) >= 11 is 1.84. The second-order valence-corrected chi connectivity index (χ2v) is 6.22. The highest BCUT2D eigenvalue weighted by atomic mass is 32.2. The number of methoxy groups -OCH3 is 1. The van der Waals surface area contributed by atoms with Crippen LogP contribution in [0.5, 0.6) is 0 Å². The zero-order chi connectivity index (χ0) is 13.0. The highest BCUT2D eigenvalue weighted by Gasteiger charge is 2.45. The second kappa shape index (κ2) is 5.79. The van der Waals surface area contributed by atoms with E-state index in [1.165, 1.54) is 17.6 Å². The topological polar surface area (TPSA) is 26.3 Å². The maximum Gasteiger partial charge on any atom is 0.312 e. The Kier molecular flexibility index (Phi) is 4.33. The molecule has 0 bridgehead atoms. The van der Waals surface area contributed by atoms with Gasteiger partial charge in [0.2, 0.25) is 0 Å². The molecular formula is C15H20O2S. The molecule has 2 nitrogen and oxygen atoms in total. The van der Waals surface area contributed by atoms with Crippen LogP contribution in [0.1, 0.15) is 31.7 Å². The van der Waals surface area contributed by atoms with E-state index in [0.717, 1.165) is 31.4 Å². The van der Waals surface area contributed by atoms with Gasteiger partial charge in [0, 0.05) is 4.90 Å². The molecule has 0 aliphatic heterocycles. The monoisotopic (exact) mass is 264 g/mol. The van der Waals surface area contributed by atoms with Crippen molar-refractivity contribution in [3.8, 4) is 0 Å². The van der Waals surface area contributed by atoms with Crippen LogP contribution in [0.4, 0.5) is 0 Å². The first-order chi connectivity index (χ1) is 8.70. The molecule has 2 rings (SSSR count). The van der Waals surface area contributed by atoms with Gasteiger partial charge in [-0.2, -0.15) is 0 Å². The van der Waals surface area contributed by atoms with Crippen LogP contribution in [0.15, 0.2) is 29.2 Å². The van der Waals surface area contributed by atoms with Crippen LogP contribution in [0, 0.1) is 5.41 Å². The molecule has 1 aromatic rings. The van der Waals surface area contributed by atoms with E-state index >= 15 is 0 Å². The van der Waals surface area contributed by atoms with Gasteiger partial charge in [-0.1, -0.05) is 25.5 Å². The van der Waals surface area contributed by atoms with Gasteiger partial charge >= 0.3 is 5.97 Å². The van der Waals surface area contributed by atoms with Gasteiger partial charge < -0.3 is 4.74 Å². The fourth-order valence-corrected chi connectivity index (χ4v) is 3.20.